The molecule has 1 N–H and O–H groups in total. The van der Waals surface area contributed by atoms with Crippen LogP contribution >= 0.6 is 0 Å². The molecule has 2 rings (SSSR count). The Morgan fingerprint density at radius 3 is 2.89 bits per heavy atom. The molecule has 3 unspecified atom stereocenters. The van der Waals surface area contributed by atoms with Crippen LogP contribution in [0.5, 0.6) is 0 Å². The molecule has 0 aliphatic carbocycles. The summed E-state index contributed by atoms with van der Waals surface area (Å²) in [6, 6.07) is 0.665. The molecule has 0 aromatic heterocycles. The maximum atomic E-state index is 6.02. The molecule has 1 spiro atoms. The molecule has 2 fully saturated rings. The van der Waals surface area contributed by atoms with Crippen LogP contribution < -0.4 is 5.32 Å². The number of hydrogen-bond acceptors (Lipinski definition) is 3. The highest BCUT2D eigenvalue weighted by Crippen LogP contribution is 2.37. The Morgan fingerprint density at radius 1 is 1.33 bits per heavy atom. The van der Waals surface area contributed by atoms with Crippen LogP contribution in [0.1, 0.15) is 51.9 Å². The van der Waals surface area contributed by atoms with Gasteiger partial charge in [0.25, 0.3) is 0 Å². The van der Waals surface area contributed by atoms with Crippen molar-refractivity contribution in [3.63, 3.8) is 0 Å². The van der Waals surface area contributed by atoms with E-state index in [0.29, 0.717) is 6.04 Å². The van der Waals surface area contributed by atoms with Gasteiger partial charge in [0, 0.05) is 25.7 Å². The lowest BCUT2D eigenvalue weighted by Crippen LogP contribution is -2.46. The van der Waals surface area contributed by atoms with Crippen LogP contribution in [0.4, 0.5) is 0 Å². The van der Waals surface area contributed by atoms with Gasteiger partial charge < -0.3 is 14.8 Å². The van der Waals surface area contributed by atoms with Gasteiger partial charge in [0.15, 0.2) is 0 Å². The predicted octanol–water partition coefficient (Wildman–Crippen LogP) is 2.74. The summed E-state index contributed by atoms with van der Waals surface area (Å²) in [7, 11) is 2.11. The minimum Gasteiger partial charge on any atom is -0.378 e. The smallest absolute Gasteiger partial charge is 0.0939 e. The first-order valence-electron chi connectivity index (χ1n) is 7.68. The zero-order chi connectivity index (χ0) is 12.8. The van der Waals surface area contributed by atoms with Crippen LogP contribution in [0.25, 0.3) is 0 Å². The fourth-order valence-electron chi connectivity index (χ4n) is 3.50. The van der Waals surface area contributed by atoms with Crippen molar-refractivity contribution in [1.82, 2.24) is 5.32 Å². The molecular formula is C15H29NO2. The monoisotopic (exact) mass is 255 g/mol. The summed E-state index contributed by atoms with van der Waals surface area (Å²) in [5, 5.41) is 3.54. The molecule has 0 aromatic carbocycles. The molecular weight excluding hydrogens is 226 g/mol. The number of unbranched alkanes of at least 4 members (excludes halogenated alkanes) is 2. The van der Waals surface area contributed by atoms with Gasteiger partial charge in [0.05, 0.1) is 12.2 Å². The summed E-state index contributed by atoms with van der Waals surface area (Å²) in [5.41, 5.74) is 0.0583. The third-order valence-corrected chi connectivity index (χ3v) is 4.66. The molecule has 106 valence electrons. The second kappa shape index (κ2) is 6.88. The van der Waals surface area contributed by atoms with Crippen LogP contribution in [0.15, 0.2) is 0 Å². The fraction of sp³-hybridized carbons (Fsp3) is 1.00. The summed E-state index contributed by atoms with van der Waals surface area (Å²) in [5.74, 6) is 0.766. The highest BCUT2D eigenvalue weighted by Gasteiger charge is 2.42. The number of rotatable bonds is 6. The van der Waals surface area contributed by atoms with Crippen LogP contribution in [0.3, 0.4) is 0 Å². The van der Waals surface area contributed by atoms with Gasteiger partial charge in [-0.3, -0.25) is 0 Å². The van der Waals surface area contributed by atoms with E-state index >= 15 is 0 Å². The van der Waals surface area contributed by atoms with E-state index in [9.17, 15) is 0 Å². The SMILES string of the molecule is CCCCCC(NC)C1CCOC2(CCOC2)C1. The van der Waals surface area contributed by atoms with E-state index in [1.807, 2.05) is 0 Å². The molecule has 3 nitrogen and oxygen atoms in total. The molecule has 3 heteroatoms. The van der Waals surface area contributed by atoms with Gasteiger partial charge in [-0.25, -0.2) is 0 Å². The lowest BCUT2D eigenvalue weighted by atomic mass is 9.79. The van der Waals surface area contributed by atoms with Crippen molar-refractivity contribution in [2.75, 3.05) is 26.9 Å². The largest absolute Gasteiger partial charge is 0.378 e. The predicted molar refractivity (Wildman–Crippen MR) is 73.8 cm³/mol. The van der Waals surface area contributed by atoms with Gasteiger partial charge in [-0.1, -0.05) is 26.2 Å². The van der Waals surface area contributed by atoms with Crippen molar-refractivity contribution in [1.29, 1.82) is 0 Å². The third kappa shape index (κ3) is 3.46. The van der Waals surface area contributed by atoms with Crippen molar-refractivity contribution in [2.45, 2.75) is 63.5 Å². The highest BCUT2D eigenvalue weighted by molar-refractivity contribution is 4.93. The van der Waals surface area contributed by atoms with Gasteiger partial charge in [0.2, 0.25) is 0 Å². The molecule has 2 saturated heterocycles. The second-order valence-corrected chi connectivity index (χ2v) is 5.98. The fourth-order valence-corrected chi connectivity index (χ4v) is 3.50. The van der Waals surface area contributed by atoms with Crippen molar-refractivity contribution in [3.05, 3.63) is 0 Å². The molecule has 0 bridgehead atoms. The van der Waals surface area contributed by atoms with Crippen molar-refractivity contribution < 1.29 is 9.47 Å². The summed E-state index contributed by atoms with van der Waals surface area (Å²) >= 11 is 0. The first-order valence-corrected chi connectivity index (χ1v) is 7.68. The lowest BCUT2D eigenvalue weighted by Gasteiger charge is -2.40. The minimum absolute atomic E-state index is 0.0583. The molecule has 0 radical (unpaired) electrons. The third-order valence-electron chi connectivity index (χ3n) is 4.66. The molecule has 18 heavy (non-hydrogen) atoms. The Labute approximate surface area is 112 Å². The molecule has 0 saturated carbocycles. The Balaban J connectivity index is 1.85. The van der Waals surface area contributed by atoms with Crippen LogP contribution in [-0.4, -0.2) is 38.5 Å². The van der Waals surface area contributed by atoms with Gasteiger partial charge in [-0.05, 0) is 32.2 Å². The number of ether oxygens (including phenoxy) is 2. The topological polar surface area (TPSA) is 30.5 Å². The standard InChI is InChI=1S/C15H29NO2/c1-3-4-5-6-14(16-2)13-7-9-18-15(11-13)8-10-17-12-15/h13-14,16H,3-12H2,1-2H3. The summed E-state index contributed by atoms with van der Waals surface area (Å²) in [6.45, 7) is 4.88. The second-order valence-electron chi connectivity index (χ2n) is 5.98. The molecule has 0 aromatic rings. The van der Waals surface area contributed by atoms with Gasteiger partial charge >= 0.3 is 0 Å². The summed E-state index contributed by atoms with van der Waals surface area (Å²) < 4.78 is 11.6. The zero-order valence-corrected chi connectivity index (χ0v) is 12.0. The van der Waals surface area contributed by atoms with E-state index in [-0.39, 0.29) is 5.60 Å². The maximum absolute atomic E-state index is 6.02. The molecule has 2 aliphatic heterocycles. The zero-order valence-electron chi connectivity index (χ0n) is 12.0. The van der Waals surface area contributed by atoms with E-state index < -0.39 is 0 Å². The van der Waals surface area contributed by atoms with Gasteiger partial charge in [0.1, 0.15) is 0 Å². The van der Waals surface area contributed by atoms with Gasteiger partial charge in [-0.2, -0.15) is 0 Å². The van der Waals surface area contributed by atoms with Crippen LogP contribution in [-0.2, 0) is 9.47 Å². The van der Waals surface area contributed by atoms with Crippen molar-refractivity contribution in [3.8, 4) is 0 Å². The Morgan fingerprint density at radius 2 is 2.22 bits per heavy atom. The number of nitrogens with one attached hydrogen (secondary N) is 1. The van der Waals surface area contributed by atoms with Gasteiger partial charge in [-0.15, -0.1) is 0 Å². The molecule has 0 amide bonds. The van der Waals surface area contributed by atoms with Crippen LogP contribution in [0, 0.1) is 5.92 Å². The minimum atomic E-state index is 0.0583. The first-order chi connectivity index (χ1) is 8.79. The first kappa shape index (κ1) is 14.3. The summed E-state index contributed by atoms with van der Waals surface area (Å²) in [4.78, 5) is 0. The maximum Gasteiger partial charge on any atom is 0.0939 e. The molecule has 2 heterocycles. The van der Waals surface area contributed by atoms with Crippen molar-refractivity contribution in [2.24, 2.45) is 5.92 Å². The van der Waals surface area contributed by atoms with Crippen molar-refractivity contribution >= 4 is 0 Å². The van der Waals surface area contributed by atoms with E-state index in [4.69, 9.17) is 9.47 Å². The average molecular weight is 255 g/mol. The van der Waals surface area contributed by atoms with E-state index in [0.717, 1.165) is 32.2 Å². The quantitative estimate of drug-likeness (QED) is 0.740. The van der Waals surface area contributed by atoms with E-state index in [1.165, 1.54) is 38.5 Å². The lowest BCUT2D eigenvalue weighted by molar-refractivity contribution is -0.103. The molecule has 2 aliphatic rings. The normalized spacial score (nSPS) is 34.0. The summed E-state index contributed by atoms with van der Waals surface area (Å²) in [6.07, 6.45) is 8.81. The highest BCUT2D eigenvalue weighted by atomic mass is 16.6. The average Bonchev–Trinajstić information content (AvgIpc) is 2.83. The Kier molecular flexibility index (Phi) is 5.46. The van der Waals surface area contributed by atoms with E-state index in [2.05, 4.69) is 19.3 Å². The Hall–Kier alpha value is -0.120. The van der Waals surface area contributed by atoms with Crippen LogP contribution in [0.2, 0.25) is 0 Å². The Bertz CT molecular complexity index is 239. The van der Waals surface area contributed by atoms with E-state index in [1.54, 1.807) is 0 Å². The molecule has 3 atom stereocenters. The number of hydrogen-bond donors (Lipinski definition) is 1.